The maximum atomic E-state index is 12.6. The number of hydrogen-bond acceptors (Lipinski definition) is 4. The Morgan fingerprint density at radius 1 is 1.35 bits per heavy atom. The summed E-state index contributed by atoms with van der Waals surface area (Å²) in [7, 11) is 3.27. The minimum absolute atomic E-state index is 0.0407. The fraction of sp³-hybridized carbons (Fsp3) is 0.412. The normalized spacial score (nSPS) is 17.3. The van der Waals surface area contributed by atoms with E-state index in [4.69, 9.17) is 9.47 Å². The Labute approximate surface area is 135 Å². The third-order valence-corrected chi connectivity index (χ3v) is 4.23. The van der Waals surface area contributed by atoms with Crippen LogP contribution in [-0.4, -0.2) is 41.4 Å². The van der Waals surface area contributed by atoms with Crippen LogP contribution in [0.25, 0.3) is 0 Å². The molecular weight excluding hydrogens is 294 g/mol. The van der Waals surface area contributed by atoms with Gasteiger partial charge in [0.25, 0.3) is 0 Å². The average molecular weight is 315 g/mol. The standard InChI is InChI=1S/C17H21N3O3/c1-22-13-6-7-14(16(11-13)23-2)15-5-3-10-20(15)17(21)12-19-9-4-8-18-19/h4,6-9,11,15H,3,5,10,12H2,1-2H3. The van der Waals surface area contributed by atoms with Gasteiger partial charge < -0.3 is 14.4 Å². The molecule has 0 spiro atoms. The van der Waals surface area contributed by atoms with Crippen molar-refractivity contribution in [3.8, 4) is 11.5 Å². The molecular formula is C17H21N3O3. The zero-order valence-corrected chi connectivity index (χ0v) is 13.4. The summed E-state index contributed by atoms with van der Waals surface area (Å²) in [6.07, 6.45) is 5.41. The second-order valence-electron chi connectivity index (χ2n) is 5.56. The largest absolute Gasteiger partial charge is 0.497 e. The number of aromatic nitrogens is 2. The van der Waals surface area contributed by atoms with Crippen LogP contribution in [0.4, 0.5) is 0 Å². The summed E-state index contributed by atoms with van der Waals surface area (Å²) in [4.78, 5) is 14.5. The Hall–Kier alpha value is -2.50. The lowest BCUT2D eigenvalue weighted by molar-refractivity contribution is -0.133. The van der Waals surface area contributed by atoms with Crippen molar-refractivity contribution >= 4 is 5.91 Å². The first-order chi connectivity index (χ1) is 11.2. The Bertz CT molecular complexity index is 670. The predicted molar refractivity (Wildman–Crippen MR) is 85.5 cm³/mol. The zero-order valence-electron chi connectivity index (χ0n) is 13.4. The lowest BCUT2D eigenvalue weighted by Gasteiger charge is -2.26. The first-order valence-electron chi connectivity index (χ1n) is 7.71. The Morgan fingerprint density at radius 3 is 2.91 bits per heavy atom. The van der Waals surface area contributed by atoms with Crippen molar-refractivity contribution in [2.75, 3.05) is 20.8 Å². The molecule has 0 aliphatic carbocycles. The van der Waals surface area contributed by atoms with Crippen LogP contribution in [0.3, 0.4) is 0 Å². The van der Waals surface area contributed by atoms with Gasteiger partial charge in [0.1, 0.15) is 18.0 Å². The van der Waals surface area contributed by atoms with Crippen molar-refractivity contribution in [1.29, 1.82) is 0 Å². The summed E-state index contributed by atoms with van der Waals surface area (Å²) in [6.45, 7) is 1.03. The molecule has 1 aliphatic heterocycles. The zero-order chi connectivity index (χ0) is 16.2. The van der Waals surface area contributed by atoms with E-state index in [1.807, 2.05) is 29.2 Å². The Kier molecular flexibility index (Phi) is 4.50. The Balaban J connectivity index is 1.82. The number of benzene rings is 1. The van der Waals surface area contributed by atoms with Gasteiger partial charge >= 0.3 is 0 Å². The van der Waals surface area contributed by atoms with Crippen molar-refractivity contribution in [2.45, 2.75) is 25.4 Å². The van der Waals surface area contributed by atoms with E-state index in [1.165, 1.54) is 0 Å². The van der Waals surface area contributed by atoms with Crippen LogP contribution in [-0.2, 0) is 11.3 Å². The van der Waals surface area contributed by atoms with Crippen LogP contribution in [0.5, 0.6) is 11.5 Å². The molecule has 3 rings (SSSR count). The third-order valence-electron chi connectivity index (χ3n) is 4.23. The van der Waals surface area contributed by atoms with Crippen molar-refractivity contribution in [3.05, 3.63) is 42.2 Å². The summed E-state index contributed by atoms with van der Waals surface area (Å²) >= 11 is 0. The molecule has 1 unspecified atom stereocenters. The van der Waals surface area contributed by atoms with Gasteiger partial charge in [-0.15, -0.1) is 0 Å². The first kappa shape index (κ1) is 15.4. The van der Waals surface area contributed by atoms with Gasteiger partial charge in [-0.3, -0.25) is 9.48 Å². The summed E-state index contributed by atoms with van der Waals surface area (Å²) in [6, 6.07) is 7.62. The first-order valence-corrected chi connectivity index (χ1v) is 7.71. The number of hydrogen-bond donors (Lipinski definition) is 0. The van der Waals surface area contributed by atoms with E-state index < -0.39 is 0 Å². The highest BCUT2D eigenvalue weighted by atomic mass is 16.5. The van der Waals surface area contributed by atoms with Crippen LogP contribution in [0.15, 0.2) is 36.7 Å². The lowest BCUT2D eigenvalue weighted by atomic mass is 10.0. The van der Waals surface area contributed by atoms with E-state index in [9.17, 15) is 4.79 Å². The van der Waals surface area contributed by atoms with Gasteiger partial charge in [0, 0.05) is 30.6 Å². The molecule has 0 bridgehead atoms. The molecule has 23 heavy (non-hydrogen) atoms. The van der Waals surface area contributed by atoms with Crippen molar-refractivity contribution in [1.82, 2.24) is 14.7 Å². The summed E-state index contributed by atoms with van der Waals surface area (Å²) in [5.41, 5.74) is 1.03. The summed E-state index contributed by atoms with van der Waals surface area (Å²) in [5, 5.41) is 4.11. The molecule has 122 valence electrons. The molecule has 1 aromatic heterocycles. The number of ether oxygens (including phenoxy) is 2. The molecule has 0 saturated carbocycles. The van der Waals surface area contributed by atoms with E-state index in [-0.39, 0.29) is 18.5 Å². The quantitative estimate of drug-likeness (QED) is 0.849. The van der Waals surface area contributed by atoms with Crippen molar-refractivity contribution in [3.63, 3.8) is 0 Å². The maximum Gasteiger partial charge on any atom is 0.244 e. The fourth-order valence-corrected chi connectivity index (χ4v) is 3.11. The van der Waals surface area contributed by atoms with Crippen molar-refractivity contribution < 1.29 is 14.3 Å². The van der Waals surface area contributed by atoms with Crippen LogP contribution >= 0.6 is 0 Å². The molecule has 6 heteroatoms. The van der Waals surface area contributed by atoms with E-state index in [0.717, 1.165) is 36.4 Å². The van der Waals surface area contributed by atoms with Gasteiger partial charge in [-0.1, -0.05) is 0 Å². The minimum atomic E-state index is 0.0407. The smallest absolute Gasteiger partial charge is 0.244 e. The number of likely N-dealkylation sites (tertiary alicyclic amines) is 1. The van der Waals surface area contributed by atoms with Gasteiger partial charge in [-0.25, -0.2) is 0 Å². The second-order valence-corrected chi connectivity index (χ2v) is 5.56. The maximum absolute atomic E-state index is 12.6. The molecule has 1 fully saturated rings. The number of nitrogens with zero attached hydrogens (tertiary/aromatic N) is 3. The van der Waals surface area contributed by atoms with Crippen LogP contribution in [0.2, 0.25) is 0 Å². The van der Waals surface area contributed by atoms with Crippen LogP contribution in [0, 0.1) is 0 Å². The molecule has 2 heterocycles. The number of amides is 1. The highest BCUT2D eigenvalue weighted by Gasteiger charge is 2.32. The predicted octanol–water partition coefficient (Wildman–Crippen LogP) is 2.26. The number of rotatable bonds is 5. The fourth-order valence-electron chi connectivity index (χ4n) is 3.11. The molecule has 1 aliphatic rings. The number of carbonyl (C=O) groups excluding carboxylic acids is 1. The van der Waals surface area contributed by atoms with E-state index in [2.05, 4.69) is 5.10 Å². The SMILES string of the molecule is COc1ccc(C2CCCN2C(=O)Cn2cccn2)c(OC)c1. The average Bonchev–Trinajstić information content (AvgIpc) is 3.25. The van der Waals surface area contributed by atoms with Gasteiger partial charge in [0.2, 0.25) is 5.91 Å². The molecule has 1 amide bonds. The summed E-state index contributed by atoms with van der Waals surface area (Å²) < 4.78 is 12.4. The highest BCUT2D eigenvalue weighted by Crippen LogP contribution is 2.38. The van der Waals surface area contributed by atoms with E-state index >= 15 is 0 Å². The van der Waals surface area contributed by atoms with Gasteiger partial charge in [0.15, 0.2) is 0 Å². The molecule has 1 aromatic carbocycles. The third kappa shape index (κ3) is 3.16. The molecule has 6 nitrogen and oxygen atoms in total. The molecule has 2 aromatic rings. The lowest BCUT2D eigenvalue weighted by Crippen LogP contribution is -2.33. The number of methoxy groups -OCH3 is 2. The number of carbonyl (C=O) groups is 1. The minimum Gasteiger partial charge on any atom is -0.497 e. The van der Waals surface area contributed by atoms with Crippen LogP contribution < -0.4 is 9.47 Å². The summed E-state index contributed by atoms with van der Waals surface area (Å²) in [5.74, 6) is 1.58. The molecule has 0 radical (unpaired) electrons. The van der Waals surface area contributed by atoms with Crippen LogP contribution in [0.1, 0.15) is 24.4 Å². The topological polar surface area (TPSA) is 56.6 Å². The monoisotopic (exact) mass is 315 g/mol. The highest BCUT2D eigenvalue weighted by molar-refractivity contribution is 5.77. The van der Waals surface area contributed by atoms with Gasteiger partial charge in [-0.2, -0.15) is 5.10 Å². The second kappa shape index (κ2) is 6.73. The Morgan fingerprint density at radius 2 is 2.22 bits per heavy atom. The van der Waals surface area contributed by atoms with E-state index in [1.54, 1.807) is 31.3 Å². The van der Waals surface area contributed by atoms with Crippen molar-refractivity contribution in [2.24, 2.45) is 0 Å². The molecule has 0 N–H and O–H groups in total. The van der Waals surface area contributed by atoms with Gasteiger partial charge in [-0.05, 0) is 31.0 Å². The van der Waals surface area contributed by atoms with Gasteiger partial charge in [0.05, 0.1) is 20.3 Å². The van der Waals surface area contributed by atoms with E-state index in [0.29, 0.717) is 0 Å². The molecule has 1 saturated heterocycles. The molecule has 1 atom stereocenters.